The molecule has 1 saturated heterocycles. The second kappa shape index (κ2) is 9.43. The highest BCUT2D eigenvalue weighted by atomic mass is 35.5. The summed E-state index contributed by atoms with van der Waals surface area (Å²) in [5.74, 6) is 0.0795. The van der Waals surface area contributed by atoms with Crippen molar-refractivity contribution < 1.29 is 18.3 Å². The third-order valence-corrected chi connectivity index (χ3v) is 5.51. The molecule has 1 N–H and O–H groups in total. The quantitative estimate of drug-likeness (QED) is 0.626. The first-order valence-electron chi connectivity index (χ1n) is 9.82. The van der Waals surface area contributed by atoms with Crippen molar-refractivity contribution in [1.29, 1.82) is 0 Å². The molecule has 0 aliphatic carbocycles. The van der Waals surface area contributed by atoms with E-state index in [4.69, 9.17) is 20.8 Å². The molecule has 1 fully saturated rings. The Hall–Kier alpha value is -2.67. The predicted molar refractivity (Wildman–Crippen MR) is 113 cm³/mol. The van der Waals surface area contributed by atoms with Gasteiger partial charge in [0.1, 0.15) is 11.6 Å². The molecule has 7 heteroatoms. The smallest absolute Gasteiger partial charge is 0.287 e. The normalized spacial score (nSPS) is 15.7. The first-order valence-corrected chi connectivity index (χ1v) is 10.2. The van der Waals surface area contributed by atoms with Crippen LogP contribution in [0, 0.1) is 5.82 Å². The Morgan fingerprint density at radius 1 is 1.07 bits per heavy atom. The molecule has 0 bridgehead atoms. The summed E-state index contributed by atoms with van der Waals surface area (Å²) in [4.78, 5) is 15.0. The van der Waals surface area contributed by atoms with Gasteiger partial charge < -0.3 is 14.5 Å². The van der Waals surface area contributed by atoms with Gasteiger partial charge >= 0.3 is 0 Å². The molecule has 2 aromatic carbocycles. The van der Waals surface area contributed by atoms with Crippen LogP contribution in [0.2, 0.25) is 5.02 Å². The SMILES string of the molecule is O=C(NCC(c1ccccc1Cl)N1CCOCC1)c1ccc(-c2ccc(F)cc2)o1. The van der Waals surface area contributed by atoms with E-state index in [2.05, 4.69) is 10.2 Å². The largest absolute Gasteiger partial charge is 0.451 e. The number of amides is 1. The summed E-state index contributed by atoms with van der Waals surface area (Å²) in [6, 6.07) is 16.9. The fourth-order valence-corrected chi connectivity index (χ4v) is 3.84. The van der Waals surface area contributed by atoms with Crippen LogP contribution in [-0.2, 0) is 4.74 Å². The average Bonchev–Trinajstić information content (AvgIpc) is 3.26. The number of nitrogens with one attached hydrogen (secondary N) is 1. The predicted octanol–water partition coefficient (Wildman–Crippen LogP) is 4.54. The molecular weight excluding hydrogens is 407 g/mol. The molecule has 0 saturated carbocycles. The molecule has 4 rings (SSSR count). The van der Waals surface area contributed by atoms with E-state index < -0.39 is 0 Å². The zero-order chi connectivity index (χ0) is 20.9. The van der Waals surface area contributed by atoms with E-state index in [0.717, 1.165) is 18.7 Å². The number of benzene rings is 2. The Morgan fingerprint density at radius 2 is 1.80 bits per heavy atom. The van der Waals surface area contributed by atoms with Gasteiger partial charge in [0.15, 0.2) is 5.76 Å². The number of carbonyl (C=O) groups excluding carboxylic acids is 1. The van der Waals surface area contributed by atoms with Crippen LogP contribution in [-0.4, -0.2) is 43.7 Å². The standard InChI is InChI=1S/C23H22ClFN2O3/c24-19-4-2-1-3-18(19)20(27-11-13-29-14-12-27)15-26-23(28)22-10-9-21(30-22)16-5-7-17(25)8-6-16/h1-10,20H,11-15H2,(H,26,28). The van der Waals surface area contributed by atoms with Gasteiger partial charge in [0.05, 0.1) is 19.3 Å². The molecule has 0 spiro atoms. The van der Waals surface area contributed by atoms with Crippen molar-refractivity contribution >= 4 is 17.5 Å². The maximum atomic E-state index is 13.1. The second-order valence-corrected chi connectivity index (χ2v) is 7.47. The molecule has 156 valence electrons. The third-order valence-electron chi connectivity index (χ3n) is 5.17. The van der Waals surface area contributed by atoms with Crippen molar-refractivity contribution in [2.75, 3.05) is 32.8 Å². The van der Waals surface area contributed by atoms with Crippen LogP contribution < -0.4 is 5.32 Å². The topological polar surface area (TPSA) is 54.7 Å². The summed E-state index contributed by atoms with van der Waals surface area (Å²) in [5.41, 5.74) is 1.67. The Morgan fingerprint density at radius 3 is 2.53 bits per heavy atom. The lowest BCUT2D eigenvalue weighted by atomic mass is 10.0. The van der Waals surface area contributed by atoms with Gasteiger partial charge in [-0.1, -0.05) is 29.8 Å². The van der Waals surface area contributed by atoms with E-state index in [9.17, 15) is 9.18 Å². The van der Waals surface area contributed by atoms with E-state index in [1.54, 1.807) is 24.3 Å². The van der Waals surface area contributed by atoms with Crippen molar-refractivity contribution in [3.63, 3.8) is 0 Å². The van der Waals surface area contributed by atoms with Crippen molar-refractivity contribution in [2.45, 2.75) is 6.04 Å². The highest BCUT2D eigenvalue weighted by Gasteiger charge is 2.25. The monoisotopic (exact) mass is 428 g/mol. The van der Waals surface area contributed by atoms with Gasteiger partial charge in [-0.25, -0.2) is 4.39 Å². The number of hydrogen-bond donors (Lipinski definition) is 1. The Labute approximate surface area is 179 Å². The number of ether oxygens (including phenoxy) is 1. The summed E-state index contributed by atoms with van der Waals surface area (Å²) >= 11 is 6.44. The van der Waals surface area contributed by atoms with Gasteiger partial charge in [-0.15, -0.1) is 0 Å². The van der Waals surface area contributed by atoms with Crippen LogP contribution in [0.5, 0.6) is 0 Å². The summed E-state index contributed by atoms with van der Waals surface area (Å²) in [7, 11) is 0. The highest BCUT2D eigenvalue weighted by Crippen LogP contribution is 2.28. The number of nitrogens with zero attached hydrogens (tertiary/aromatic N) is 1. The molecular formula is C23H22ClFN2O3. The lowest BCUT2D eigenvalue weighted by Crippen LogP contribution is -2.43. The van der Waals surface area contributed by atoms with E-state index in [1.807, 2.05) is 24.3 Å². The first kappa shape index (κ1) is 20.6. The molecule has 1 unspecified atom stereocenters. The summed E-state index contributed by atoms with van der Waals surface area (Å²) < 4.78 is 24.3. The maximum Gasteiger partial charge on any atom is 0.287 e. The zero-order valence-electron chi connectivity index (χ0n) is 16.3. The zero-order valence-corrected chi connectivity index (χ0v) is 17.1. The van der Waals surface area contributed by atoms with Crippen LogP contribution in [0.25, 0.3) is 11.3 Å². The lowest BCUT2D eigenvalue weighted by Gasteiger charge is -2.35. The summed E-state index contributed by atoms with van der Waals surface area (Å²) in [6.45, 7) is 3.21. The van der Waals surface area contributed by atoms with E-state index in [1.165, 1.54) is 12.1 Å². The molecule has 3 aromatic rings. The van der Waals surface area contributed by atoms with Crippen LogP contribution >= 0.6 is 11.6 Å². The Kier molecular flexibility index (Phi) is 6.47. The van der Waals surface area contributed by atoms with E-state index in [0.29, 0.717) is 36.1 Å². The Balaban J connectivity index is 1.47. The van der Waals surface area contributed by atoms with E-state index in [-0.39, 0.29) is 23.5 Å². The number of carbonyl (C=O) groups is 1. The number of furan rings is 1. The average molecular weight is 429 g/mol. The molecule has 1 aliphatic rings. The molecule has 5 nitrogen and oxygen atoms in total. The van der Waals surface area contributed by atoms with Crippen LogP contribution in [0.3, 0.4) is 0 Å². The lowest BCUT2D eigenvalue weighted by molar-refractivity contribution is 0.0162. The summed E-state index contributed by atoms with van der Waals surface area (Å²) in [6.07, 6.45) is 0. The first-order chi connectivity index (χ1) is 14.6. The third kappa shape index (κ3) is 4.73. The van der Waals surface area contributed by atoms with Crippen molar-refractivity contribution in [3.05, 3.63) is 82.8 Å². The van der Waals surface area contributed by atoms with Gasteiger partial charge in [0, 0.05) is 30.2 Å². The van der Waals surface area contributed by atoms with Gasteiger partial charge in [-0.2, -0.15) is 0 Å². The minimum Gasteiger partial charge on any atom is -0.451 e. The second-order valence-electron chi connectivity index (χ2n) is 7.07. The fraction of sp³-hybridized carbons (Fsp3) is 0.261. The fourth-order valence-electron chi connectivity index (χ4n) is 3.58. The van der Waals surface area contributed by atoms with Gasteiger partial charge in [0.25, 0.3) is 5.91 Å². The van der Waals surface area contributed by atoms with Gasteiger partial charge in [0.2, 0.25) is 0 Å². The molecule has 1 amide bonds. The van der Waals surface area contributed by atoms with Gasteiger partial charge in [-0.3, -0.25) is 9.69 Å². The van der Waals surface area contributed by atoms with Crippen molar-refractivity contribution in [2.24, 2.45) is 0 Å². The van der Waals surface area contributed by atoms with Crippen LogP contribution in [0.15, 0.2) is 65.1 Å². The van der Waals surface area contributed by atoms with Crippen LogP contribution in [0.4, 0.5) is 4.39 Å². The number of morpholine rings is 1. The molecule has 1 atom stereocenters. The number of halogens is 2. The minimum atomic E-state index is -0.322. The highest BCUT2D eigenvalue weighted by molar-refractivity contribution is 6.31. The molecule has 0 radical (unpaired) electrons. The minimum absolute atomic E-state index is 0.0712. The molecule has 1 aliphatic heterocycles. The number of rotatable bonds is 6. The molecule has 2 heterocycles. The van der Waals surface area contributed by atoms with Gasteiger partial charge in [-0.05, 0) is 48.0 Å². The maximum absolute atomic E-state index is 13.1. The number of hydrogen-bond acceptors (Lipinski definition) is 4. The van der Waals surface area contributed by atoms with Crippen LogP contribution in [0.1, 0.15) is 22.2 Å². The summed E-state index contributed by atoms with van der Waals surface area (Å²) in [5, 5.41) is 3.63. The van der Waals surface area contributed by atoms with E-state index >= 15 is 0 Å². The van der Waals surface area contributed by atoms with Crippen molar-refractivity contribution in [1.82, 2.24) is 10.2 Å². The van der Waals surface area contributed by atoms with Crippen molar-refractivity contribution in [3.8, 4) is 11.3 Å². The molecule has 30 heavy (non-hydrogen) atoms. The molecule has 1 aromatic heterocycles. The Bertz CT molecular complexity index is 1000.